The molecule has 3 aromatic rings. The van der Waals surface area contributed by atoms with Crippen LogP contribution in [0.4, 0.5) is 13.2 Å². The van der Waals surface area contributed by atoms with E-state index in [9.17, 15) is 18.0 Å². The fourth-order valence-electron chi connectivity index (χ4n) is 3.31. The van der Waals surface area contributed by atoms with Crippen molar-refractivity contribution in [3.63, 3.8) is 0 Å². The monoisotopic (exact) mass is 405 g/mol. The number of fused-ring (bicyclic) bond motifs is 1. The quantitative estimate of drug-likeness (QED) is 0.672. The van der Waals surface area contributed by atoms with Gasteiger partial charge < -0.3 is 19.5 Å². The van der Waals surface area contributed by atoms with Crippen molar-refractivity contribution in [2.24, 2.45) is 7.05 Å². The van der Waals surface area contributed by atoms with Crippen LogP contribution in [0.5, 0.6) is 5.75 Å². The minimum absolute atomic E-state index is 0.0714. The van der Waals surface area contributed by atoms with Crippen LogP contribution in [0.3, 0.4) is 0 Å². The number of benzene rings is 2. The van der Waals surface area contributed by atoms with Crippen molar-refractivity contribution < 1.29 is 22.7 Å². The average molecular weight is 405 g/mol. The van der Waals surface area contributed by atoms with E-state index in [-0.39, 0.29) is 23.3 Å². The largest absolute Gasteiger partial charge is 0.573 e. The Hall–Kier alpha value is -3.00. The van der Waals surface area contributed by atoms with Gasteiger partial charge in [0.15, 0.2) is 0 Å². The Labute approximate surface area is 166 Å². The number of amides is 1. The van der Waals surface area contributed by atoms with E-state index >= 15 is 0 Å². The number of carbonyl (C=O) groups is 1. The molecule has 0 aliphatic heterocycles. The van der Waals surface area contributed by atoms with Crippen LogP contribution in [0.2, 0.25) is 0 Å². The number of ether oxygens (including phenoxy) is 1. The van der Waals surface area contributed by atoms with Crippen molar-refractivity contribution in [1.29, 1.82) is 0 Å². The van der Waals surface area contributed by atoms with Crippen molar-refractivity contribution in [3.05, 3.63) is 65.9 Å². The first-order valence-electron chi connectivity index (χ1n) is 9.00. The Kier molecular flexibility index (Phi) is 5.83. The topological polar surface area (TPSA) is 46.5 Å². The highest BCUT2D eigenvalue weighted by molar-refractivity contribution is 5.94. The molecule has 0 aliphatic carbocycles. The van der Waals surface area contributed by atoms with Gasteiger partial charge in [-0.15, -0.1) is 13.2 Å². The number of rotatable bonds is 6. The fourth-order valence-corrected chi connectivity index (χ4v) is 3.31. The number of carbonyl (C=O) groups excluding carboxylic acids is 1. The van der Waals surface area contributed by atoms with Gasteiger partial charge in [-0.3, -0.25) is 4.79 Å². The van der Waals surface area contributed by atoms with Gasteiger partial charge in [-0.1, -0.05) is 18.2 Å². The lowest BCUT2D eigenvalue weighted by Gasteiger charge is -2.24. The summed E-state index contributed by atoms with van der Waals surface area (Å²) in [5.74, 6) is -0.730. The molecule has 1 amide bonds. The van der Waals surface area contributed by atoms with E-state index in [4.69, 9.17) is 0 Å². The summed E-state index contributed by atoms with van der Waals surface area (Å²) in [6, 6.07) is 12.8. The van der Waals surface area contributed by atoms with Crippen molar-refractivity contribution >= 4 is 16.8 Å². The van der Waals surface area contributed by atoms with Crippen LogP contribution < -0.4 is 10.1 Å². The highest BCUT2D eigenvalue weighted by Gasteiger charge is 2.31. The highest BCUT2D eigenvalue weighted by Crippen LogP contribution is 2.28. The second-order valence-corrected chi connectivity index (χ2v) is 6.97. The lowest BCUT2D eigenvalue weighted by atomic mass is 10.0. The molecule has 3 rings (SSSR count). The summed E-state index contributed by atoms with van der Waals surface area (Å²) in [5, 5.41) is 3.98. The zero-order chi connectivity index (χ0) is 21.2. The molecular weight excluding hydrogens is 383 g/mol. The summed E-state index contributed by atoms with van der Waals surface area (Å²) in [5.41, 5.74) is 2.44. The number of halogens is 3. The molecule has 0 unspecified atom stereocenters. The van der Waals surface area contributed by atoms with Gasteiger partial charge in [0.05, 0.1) is 6.04 Å². The second kappa shape index (κ2) is 8.16. The molecule has 8 heteroatoms. The second-order valence-electron chi connectivity index (χ2n) is 6.97. The zero-order valence-electron chi connectivity index (χ0n) is 16.3. The SMILES string of the molecule is CN(C)[C@@H](CNC(=O)c1ccc(OC(F)(F)F)cc1)c1cn(C)c2ccccc12. The lowest BCUT2D eigenvalue weighted by molar-refractivity contribution is -0.274. The normalized spacial score (nSPS) is 12.9. The van der Waals surface area contributed by atoms with E-state index in [1.54, 1.807) is 0 Å². The van der Waals surface area contributed by atoms with Gasteiger partial charge in [0.2, 0.25) is 0 Å². The molecule has 1 heterocycles. The van der Waals surface area contributed by atoms with E-state index in [2.05, 4.69) is 10.1 Å². The smallest absolute Gasteiger partial charge is 0.406 e. The van der Waals surface area contributed by atoms with Gasteiger partial charge in [0, 0.05) is 36.3 Å². The van der Waals surface area contributed by atoms with Gasteiger partial charge in [-0.05, 0) is 50.0 Å². The Balaban J connectivity index is 1.73. The van der Waals surface area contributed by atoms with E-state index < -0.39 is 6.36 Å². The maximum absolute atomic E-state index is 12.5. The Morgan fingerprint density at radius 2 is 1.79 bits per heavy atom. The molecule has 0 fully saturated rings. The number of alkyl halides is 3. The molecule has 1 atom stereocenters. The van der Waals surface area contributed by atoms with Gasteiger partial charge in [-0.2, -0.15) is 0 Å². The van der Waals surface area contributed by atoms with Gasteiger partial charge >= 0.3 is 6.36 Å². The van der Waals surface area contributed by atoms with Crippen molar-refractivity contribution in [2.75, 3.05) is 20.6 Å². The van der Waals surface area contributed by atoms with Crippen molar-refractivity contribution in [1.82, 2.24) is 14.8 Å². The Morgan fingerprint density at radius 3 is 2.41 bits per heavy atom. The average Bonchev–Trinajstić information content (AvgIpc) is 2.98. The summed E-state index contributed by atoms with van der Waals surface area (Å²) in [4.78, 5) is 14.5. The fraction of sp³-hybridized carbons (Fsp3) is 0.286. The van der Waals surface area contributed by atoms with Crippen LogP contribution in [0.25, 0.3) is 10.9 Å². The summed E-state index contributed by atoms with van der Waals surface area (Å²) < 4.78 is 42.6. The highest BCUT2D eigenvalue weighted by atomic mass is 19.4. The molecule has 0 spiro atoms. The minimum atomic E-state index is -4.76. The number of para-hydroxylation sites is 1. The molecule has 5 nitrogen and oxygen atoms in total. The number of hydrogen-bond acceptors (Lipinski definition) is 3. The number of aromatic nitrogens is 1. The van der Waals surface area contributed by atoms with Crippen LogP contribution in [-0.2, 0) is 7.05 Å². The summed E-state index contributed by atoms with van der Waals surface area (Å²) in [7, 11) is 5.84. The van der Waals surface area contributed by atoms with Crippen LogP contribution >= 0.6 is 0 Å². The molecule has 0 aliphatic rings. The van der Waals surface area contributed by atoms with Crippen LogP contribution in [0, 0.1) is 0 Å². The Bertz CT molecular complexity index is 995. The van der Waals surface area contributed by atoms with Crippen LogP contribution in [0.1, 0.15) is 22.0 Å². The molecular formula is C21H22F3N3O2. The first-order valence-corrected chi connectivity index (χ1v) is 9.00. The van der Waals surface area contributed by atoms with E-state index in [0.29, 0.717) is 6.54 Å². The maximum Gasteiger partial charge on any atom is 0.573 e. The molecule has 0 saturated carbocycles. The summed E-state index contributed by atoms with van der Waals surface area (Å²) in [6.45, 7) is 0.348. The number of nitrogens with one attached hydrogen (secondary N) is 1. The maximum atomic E-state index is 12.5. The predicted molar refractivity (Wildman–Crippen MR) is 105 cm³/mol. The number of likely N-dealkylation sites (N-methyl/N-ethyl adjacent to an activating group) is 1. The van der Waals surface area contributed by atoms with Gasteiger partial charge in [0.25, 0.3) is 5.91 Å². The van der Waals surface area contributed by atoms with Crippen molar-refractivity contribution in [2.45, 2.75) is 12.4 Å². The first kappa shape index (κ1) is 20.7. The molecule has 2 aromatic carbocycles. The molecule has 154 valence electrons. The summed E-state index contributed by atoms with van der Waals surface area (Å²) in [6.07, 6.45) is -2.72. The minimum Gasteiger partial charge on any atom is -0.406 e. The van der Waals surface area contributed by atoms with Gasteiger partial charge in [0.1, 0.15) is 5.75 Å². The standard InChI is InChI=1S/C21H22F3N3O2/c1-26(2)19(17-13-27(3)18-7-5-4-6-16(17)18)12-25-20(28)14-8-10-15(11-9-14)29-21(22,23)24/h4-11,13,19H,12H2,1-3H3,(H,25,28)/t19-/m0/s1. The molecule has 1 aromatic heterocycles. The summed E-state index contributed by atoms with van der Waals surface area (Å²) >= 11 is 0. The van der Waals surface area contributed by atoms with Crippen LogP contribution in [0.15, 0.2) is 54.7 Å². The number of aryl methyl sites for hydroxylation is 1. The molecule has 0 bridgehead atoms. The van der Waals surface area contributed by atoms with Gasteiger partial charge in [-0.25, -0.2) is 0 Å². The zero-order valence-corrected chi connectivity index (χ0v) is 16.3. The van der Waals surface area contributed by atoms with E-state index in [0.717, 1.165) is 28.6 Å². The third-order valence-electron chi connectivity index (χ3n) is 4.72. The third kappa shape index (κ3) is 4.89. The number of hydrogen-bond donors (Lipinski definition) is 1. The molecule has 0 saturated heterocycles. The lowest BCUT2D eigenvalue weighted by Crippen LogP contribution is -2.34. The molecule has 1 N–H and O–H groups in total. The van der Waals surface area contributed by atoms with Crippen LogP contribution in [-0.4, -0.2) is 42.4 Å². The molecule has 0 radical (unpaired) electrons. The van der Waals surface area contributed by atoms with Crippen molar-refractivity contribution in [3.8, 4) is 5.75 Å². The Morgan fingerprint density at radius 1 is 1.14 bits per heavy atom. The van der Waals surface area contributed by atoms with E-state index in [1.165, 1.54) is 12.1 Å². The predicted octanol–water partition coefficient (Wildman–Crippen LogP) is 4.11. The number of nitrogens with zero attached hydrogens (tertiary/aromatic N) is 2. The molecule has 29 heavy (non-hydrogen) atoms. The van der Waals surface area contributed by atoms with E-state index in [1.807, 2.05) is 61.1 Å². The first-order chi connectivity index (χ1) is 13.7. The third-order valence-corrected chi connectivity index (χ3v) is 4.72.